The number of carboxylic acids is 1. The van der Waals surface area contributed by atoms with Crippen molar-refractivity contribution in [1.82, 2.24) is 5.32 Å². The largest absolute Gasteiger partial charge is 0.480 e. The van der Waals surface area contributed by atoms with Gasteiger partial charge in [0.1, 0.15) is 18.4 Å². The van der Waals surface area contributed by atoms with E-state index in [0.29, 0.717) is 25.8 Å². The highest BCUT2D eigenvalue weighted by molar-refractivity contribution is 5.73. The Hall–Kier alpha value is -0.730. The second kappa shape index (κ2) is 8.43. The number of rotatable bonds is 9. The zero-order chi connectivity index (χ0) is 12.6. The van der Waals surface area contributed by atoms with Crippen LogP contribution in [0, 0.1) is 0 Å². The number of aliphatic hydroxyl groups excluding tert-OH is 3. The molecule has 0 saturated carbocycles. The minimum atomic E-state index is -1.45. The first-order valence-electron chi connectivity index (χ1n) is 5.18. The van der Waals surface area contributed by atoms with E-state index in [4.69, 9.17) is 21.1 Å². The van der Waals surface area contributed by atoms with Crippen molar-refractivity contribution >= 4 is 5.97 Å². The maximum atomic E-state index is 10.8. The Morgan fingerprint density at radius 3 is 2.38 bits per heavy atom. The second-order valence-electron chi connectivity index (χ2n) is 3.54. The summed E-state index contributed by atoms with van der Waals surface area (Å²) in [4.78, 5) is 10.8. The molecule has 0 fully saturated rings. The van der Waals surface area contributed by atoms with Crippen molar-refractivity contribution in [3.63, 3.8) is 0 Å². The molecule has 0 aliphatic carbocycles. The third kappa shape index (κ3) is 5.99. The van der Waals surface area contributed by atoms with E-state index in [1.807, 2.05) is 0 Å². The van der Waals surface area contributed by atoms with Gasteiger partial charge in [-0.3, -0.25) is 10.1 Å². The fourth-order valence-corrected chi connectivity index (χ4v) is 1.19. The van der Waals surface area contributed by atoms with Gasteiger partial charge in [-0.15, -0.1) is 0 Å². The van der Waals surface area contributed by atoms with Crippen LogP contribution in [0.2, 0.25) is 0 Å². The normalized spacial score (nSPS) is 16.8. The van der Waals surface area contributed by atoms with Crippen LogP contribution in [0.4, 0.5) is 0 Å². The van der Waals surface area contributed by atoms with Crippen molar-refractivity contribution in [2.75, 3.05) is 13.2 Å². The molecule has 7 nitrogen and oxygen atoms in total. The lowest BCUT2D eigenvalue weighted by atomic mass is 10.1. The van der Waals surface area contributed by atoms with Gasteiger partial charge in [0.15, 0.2) is 0 Å². The minimum Gasteiger partial charge on any atom is -0.480 e. The number of aliphatic carboxylic acids is 1. The molecule has 2 unspecified atom stereocenters. The van der Waals surface area contributed by atoms with E-state index in [1.54, 1.807) is 0 Å². The van der Waals surface area contributed by atoms with Crippen LogP contribution in [-0.2, 0) is 4.79 Å². The summed E-state index contributed by atoms with van der Waals surface area (Å²) >= 11 is 0. The SMILES string of the molecule is NCCCC[C@H](NC(O)C(O)CO)C(=O)O. The van der Waals surface area contributed by atoms with Crippen LogP contribution in [0.3, 0.4) is 0 Å². The molecular formula is C9H20N2O5. The van der Waals surface area contributed by atoms with E-state index >= 15 is 0 Å². The molecule has 0 rings (SSSR count). The molecule has 0 aliphatic rings. The zero-order valence-electron chi connectivity index (χ0n) is 9.04. The lowest BCUT2D eigenvalue weighted by molar-refractivity contribution is -0.142. The maximum absolute atomic E-state index is 10.8. The van der Waals surface area contributed by atoms with Gasteiger partial charge in [-0.1, -0.05) is 6.42 Å². The lowest BCUT2D eigenvalue weighted by Crippen LogP contribution is -2.49. The molecule has 0 saturated heterocycles. The smallest absolute Gasteiger partial charge is 0.320 e. The summed E-state index contributed by atoms with van der Waals surface area (Å²) in [5, 5.41) is 38.1. The van der Waals surface area contributed by atoms with E-state index < -0.39 is 30.9 Å². The van der Waals surface area contributed by atoms with Crippen molar-refractivity contribution < 1.29 is 25.2 Å². The Morgan fingerprint density at radius 1 is 1.31 bits per heavy atom. The molecular weight excluding hydrogens is 216 g/mol. The minimum absolute atomic E-state index is 0.307. The number of hydrogen-bond acceptors (Lipinski definition) is 6. The van der Waals surface area contributed by atoms with Gasteiger partial charge in [-0.2, -0.15) is 0 Å². The fourth-order valence-electron chi connectivity index (χ4n) is 1.19. The molecule has 16 heavy (non-hydrogen) atoms. The van der Waals surface area contributed by atoms with Gasteiger partial charge < -0.3 is 26.2 Å². The quantitative estimate of drug-likeness (QED) is 0.198. The van der Waals surface area contributed by atoms with Gasteiger partial charge >= 0.3 is 5.97 Å². The molecule has 96 valence electrons. The van der Waals surface area contributed by atoms with E-state index in [1.165, 1.54) is 0 Å². The standard InChI is InChI=1S/C9H20N2O5/c10-4-2-1-3-6(9(15)16)11-8(14)7(13)5-12/h6-8,11-14H,1-5,10H2,(H,15,16)/t6-,7?,8?/m0/s1. The summed E-state index contributed by atoms with van der Waals surface area (Å²) in [6.07, 6.45) is -1.23. The third-order valence-corrected chi connectivity index (χ3v) is 2.17. The van der Waals surface area contributed by atoms with Gasteiger partial charge in [0.25, 0.3) is 0 Å². The number of carboxylic acid groups (broad SMARTS) is 1. The predicted molar refractivity (Wildman–Crippen MR) is 56.6 cm³/mol. The molecule has 0 heterocycles. The number of hydrogen-bond donors (Lipinski definition) is 6. The van der Waals surface area contributed by atoms with Crippen LogP contribution in [-0.4, -0.2) is 57.9 Å². The summed E-state index contributed by atoms with van der Waals surface area (Å²) in [7, 11) is 0. The molecule has 3 atom stereocenters. The summed E-state index contributed by atoms with van der Waals surface area (Å²) in [6, 6.07) is -0.956. The number of unbranched alkanes of at least 4 members (excludes halogenated alkanes) is 1. The zero-order valence-corrected chi connectivity index (χ0v) is 9.04. The van der Waals surface area contributed by atoms with E-state index in [9.17, 15) is 9.90 Å². The third-order valence-electron chi connectivity index (χ3n) is 2.17. The Labute approximate surface area is 93.9 Å². The summed E-state index contributed by atoms with van der Waals surface area (Å²) in [6.45, 7) is -0.155. The first kappa shape index (κ1) is 15.3. The van der Waals surface area contributed by atoms with Crippen LogP contribution in [0.5, 0.6) is 0 Å². The molecule has 0 bridgehead atoms. The topological polar surface area (TPSA) is 136 Å². The Kier molecular flexibility index (Phi) is 8.04. The van der Waals surface area contributed by atoms with E-state index in [0.717, 1.165) is 0 Å². The van der Waals surface area contributed by atoms with Crippen LogP contribution in [0.1, 0.15) is 19.3 Å². The Morgan fingerprint density at radius 2 is 1.94 bits per heavy atom. The predicted octanol–water partition coefficient (Wildman–Crippen LogP) is -2.17. The molecule has 0 spiro atoms. The van der Waals surface area contributed by atoms with E-state index in [-0.39, 0.29) is 0 Å². The Balaban J connectivity index is 4.06. The Bertz CT molecular complexity index is 202. The summed E-state index contributed by atoms with van der Waals surface area (Å²) in [5.41, 5.74) is 5.27. The van der Waals surface area contributed by atoms with Crippen molar-refractivity contribution in [2.24, 2.45) is 5.73 Å². The fraction of sp³-hybridized carbons (Fsp3) is 0.889. The molecule has 0 radical (unpaired) electrons. The monoisotopic (exact) mass is 236 g/mol. The number of aliphatic hydroxyl groups is 3. The van der Waals surface area contributed by atoms with Gasteiger partial charge in [0.2, 0.25) is 0 Å². The van der Waals surface area contributed by atoms with Crippen LogP contribution in [0.25, 0.3) is 0 Å². The molecule has 7 N–H and O–H groups in total. The highest BCUT2D eigenvalue weighted by Gasteiger charge is 2.23. The van der Waals surface area contributed by atoms with Crippen LogP contribution < -0.4 is 11.1 Å². The van der Waals surface area contributed by atoms with Crippen LogP contribution in [0.15, 0.2) is 0 Å². The van der Waals surface area contributed by atoms with Gasteiger partial charge in [0, 0.05) is 0 Å². The van der Waals surface area contributed by atoms with Gasteiger partial charge in [0.05, 0.1) is 6.61 Å². The molecule has 7 heteroatoms. The van der Waals surface area contributed by atoms with Crippen LogP contribution >= 0.6 is 0 Å². The average molecular weight is 236 g/mol. The van der Waals surface area contributed by atoms with Crippen molar-refractivity contribution in [2.45, 2.75) is 37.6 Å². The van der Waals surface area contributed by atoms with Crippen molar-refractivity contribution in [3.8, 4) is 0 Å². The molecule has 0 aromatic heterocycles. The molecule has 0 amide bonds. The highest BCUT2D eigenvalue weighted by Crippen LogP contribution is 2.02. The number of nitrogens with one attached hydrogen (secondary N) is 1. The molecule has 0 aromatic rings. The average Bonchev–Trinajstić information content (AvgIpc) is 2.26. The number of nitrogens with two attached hydrogens (primary N) is 1. The molecule has 0 aliphatic heterocycles. The molecule has 0 aromatic carbocycles. The van der Waals surface area contributed by atoms with Crippen molar-refractivity contribution in [1.29, 1.82) is 0 Å². The first-order chi connectivity index (χ1) is 7.52. The highest BCUT2D eigenvalue weighted by atomic mass is 16.4. The van der Waals surface area contributed by atoms with Gasteiger partial charge in [-0.05, 0) is 19.4 Å². The lowest BCUT2D eigenvalue weighted by Gasteiger charge is -2.22. The summed E-state index contributed by atoms with van der Waals surface area (Å²) in [5.74, 6) is -1.11. The van der Waals surface area contributed by atoms with Crippen molar-refractivity contribution in [3.05, 3.63) is 0 Å². The summed E-state index contributed by atoms with van der Waals surface area (Å²) < 4.78 is 0. The van der Waals surface area contributed by atoms with Gasteiger partial charge in [-0.25, -0.2) is 0 Å². The second-order valence-corrected chi connectivity index (χ2v) is 3.54. The van der Waals surface area contributed by atoms with E-state index in [2.05, 4.69) is 5.32 Å². The number of carbonyl (C=O) groups is 1. The maximum Gasteiger partial charge on any atom is 0.320 e. The first-order valence-corrected chi connectivity index (χ1v) is 5.18.